The van der Waals surface area contributed by atoms with Gasteiger partial charge < -0.3 is 9.94 Å². The lowest BCUT2D eigenvalue weighted by Crippen LogP contribution is -2.02. The van der Waals surface area contributed by atoms with E-state index in [4.69, 9.17) is 16.8 Å². The zero-order chi connectivity index (χ0) is 8.57. The number of hydrogen-bond acceptors (Lipinski definition) is 4. The molecule has 0 heterocycles. The maximum atomic E-state index is 9.89. The SMILES string of the molecule is CC(C)COC(=O)Cl.NO. The minimum absolute atomic E-state index is 0.359. The summed E-state index contributed by atoms with van der Waals surface area (Å²) in [7, 11) is 0. The van der Waals surface area contributed by atoms with Crippen molar-refractivity contribution in [3.63, 3.8) is 0 Å². The van der Waals surface area contributed by atoms with Gasteiger partial charge in [-0.15, -0.1) is 0 Å². The number of nitrogens with two attached hydrogens (primary N) is 1. The third kappa shape index (κ3) is 15.6. The van der Waals surface area contributed by atoms with Crippen LogP contribution in [0.4, 0.5) is 4.79 Å². The number of carbonyl (C=O) groups excluding carboxylic acids is 1. The van der Waals surface area contributed by atoms with Gasteiger partial charge in [-0.25, -0.2) is 10.7 Å². The minimum atomic E-state index is -0.723. The van der Waals surface area contributed by atoms with Gasteiger partial charge in [-0.1, -0.05) is 13.8 Å². The van der Waals surface area contributed by atoms with Crippen molar-refractivity contribution < 1.29 is 14.7 Å². The summed E-state index contributed by atoms with van der Waals surface area (Å²) in [6.45, 7) is 4.29. The van der Waals surface area contributed by atoms with Gasteiger partial charge in [-0.2, -0.15) is 0 Å². The largest absolute Gasteiger partial charge is 0.453 e. The monoisotopic (exact) mass is 169 g/mol. The van der Waals surface area contributed by atoms with Crippen LogP contribution in [0.5, 0.6) is 0 Å². The molecule has 0 bridgehead atoms. The van der Waals surface area contributed by atoms with Gasteiger partial charge in [0.15, 0.2) is 0 Å². The molecule has 0 radical (unpaired) electrons. The maximum absolute atomic E-state index is 9.89. The lowest BCUT2D eigenvalue weighted by atomic mass is 10.2. The topological polar surface area (TPSA) is 72.5 Å². The van der Waals surface area contributed by atoms with E-state index in [0.29, 0.717) is 12.5 Å². The van der Waals surface area contributed by atoms with Crippen LogP contribution in [0.2, 0.25) is 0 Å². The Kier molecular flexibility index (Phi) is 10.7. The smallest absolute Gasteiger partial charge is 0.403 e. The van der Waals surface area contributed by atoms with Crippen molar-refractivity contribution in [1.82, 2.24) is 0 Å². The first-order valence-electron chi connectivity index (χ1n) is 2.71. The molecule has 0 fully saturated rings. The van der Waals surface area contributed by atoms with Gasteiger partial charge in [0.25, 0.3) is 0 Å². The van der Waals surface area contributed by atoms with Crippen molar-refractivity contribution in [2.75, 3.05) is 6.61 Å². The highest BCUT2D eigenvalue weighted by atomic mass is 35.5. The summed E-state index contributed by atoms with van der Waals surface area (Å²) < 4.78 is 4.43. The van der Waals surface area contributed by atoms with Crippen LogP contribution in [0.1, 0.15) is 13.8 Å². The second-order valence-corrected chi connectivity index (χ2v) is 2.25. The normalized spacial score (nSPS) is 8.20. The van der Waals surface area contributed by atoms with E-state index in [9.17, 15) is 4.79 Å². The Balaban J connectivity index is 0. The Bertz CT molecular complexity index is 87.0. The fourth-order valence-corrected chi connectivity index (χ4v) is 0.295. The van der Waals surface area contributed by atoms with Crippen molar-refractivity contribution >= 4 is 17.0 Å². The van der Waals surface area contributed by atoms with Gasteiger partial charge >= 0.3 is 5.43 Å². The van der Waals surface area contributed by atoms with Crippen molar-refractivity contribution in [2.24, 2.45) is 11.8 Å². The minimum Gasteiger partial charge on any atom is -0.453 e. The molecule has 3 N–H and O–H groups in total. The zero-order valence-electron chi connectivity index (χ0n) is 6.00. The highest BCUT2D eigenvalue weighted by Crippen LogP contribution is 1.94. The summed E-state index contributed by atoms with van der Waals surface area (Å²) in [6.07, 6.45) is 0. The molecule has 0 saturated carbocycles. The lowest BCUT2D eigenvalue weighted by Gasteiger charge is -2.00. The van der Waals surface area contributed by atoms with Crippen molar-refractivity contribution in [3.8, 4) is 0 Å². The molecule has 0 atom stereocenters. The molecule has 0 aliphatic rings. The summed E-state index contributed by atoms with van der Waals surface area (Å²) in [5.41, 5.74) is -0.723. The Labute approximate surface area is 64.9 Å². The van der Waals surface area contributed by atoms with Crippen molar-refractivity contribution in [1.29, 1.82) is 0 Å². The molecule has 10 heavy (non-hydrogen) atoms. The average molecular weight is 170 g/mol. The Morgan fingerprint density at radius 2 is 2.10 bits per heavy atom. The van der Waals surface area contributed by atoms with Gasteiger partial charge in [0.2, 0.25) is 0 Å². The van der Waals surface area contributed by atoms with Crippen molar-refractivity contribution in [3.05, 3.63) is 0 Å². The van der Waals surface area contributed by atoms with Crippen LogP contribution in [-0.4, -0.2) is 17.2 Å². The molecule has 0 unspecified atom stereocenters. The van der Waals surface area contributed by atoms with Crippen LogP contribution in [0, 0.1) is 5.92 Å². The predicted molar refractivity (Wildman–Crippen MR) is 38.0 cm³/mol. The summed E-state index contributed by atoms with van der Waals surface area (Å²) in [4.78, 5) is 9.89. The van der Waals surface area contributed by atoms with E-state index in [1.54, 1.807) is 0 Å². The van der Waals surface area contributed by atoms with E-state index in [0.717, 1.165) is 0 Å². The van der Waals surface area contributed by atoms with Crippen LogP contribution in [0.25, 0.3) is 0 Å². The van der Waals surface area contributed by atoms with E-state index >= 15 is 0 Å². The lowest BCUT2D eigenvalue weighted by molar-refractivity contribution is 0.159. The van der Waals surface area contributed by atoms with E-state index in [2.05, 4.69) is 10.6 Å². The number of rotatable bonds is 2. The molecule has 0 aromatic rings. The molecule has 4 nitrogen and oxygen atoms in total. The first-order chi connectivity index (χ1) is 4.63. The van der Waals surface area contributed by atoms with Crippen LogP contribution < -0.4 is 5.90 Å². The molecule has 62 valence electrons. The van der Waals surface area contributed by atoms with Crippen LogP contribution in [0.15, 0.2) is 0 Å². The number of ether oxygens (including phenoxy) is 1. The van der Waals surface area contributed by atoms with Gasteiger partial charge in [-0.05, 0) is 5.92 Å². The molecule has 0 rings (SSSR count). The molecule has 0 aliphatic heterocycles. The van der Waals surface area contributed by atoms with Gasteiger partial charge in [0.05, 0.1) is 6.61 Å². The molecular formula is C5H12ClNO3. The van der Waals surface area contributed by atoms with Crippen LogP contribution in [-0.2, 0) is 4.74 Å². The third-order valence-corrected chi connectivity index (χ3v) is 0.639. The van der Waals surface area contributed by atoms with E-state index in [1.165, 1.54) is 0 Å². The summed E-state index contributed by atoms with van der Waals surface area (Å²) >= 11 is 4.86. The Morgan fingerprint density at radius 1 is 1.70 bits per heavy atom. The third-order valence-electron chi connectivity index (χ3n) is 0.530. The molecular weight excluding hydrogens is 158 g/mol. The van der Waals surface area contributed by atoms with Gasteiger partial charge in [0, 0.05) is 11.6 Å². The average Bonchev–Trinajstić information content (AvgIpc) is 1.89. The predicted octanol–water partition coefficient (Wildman–Crippen LogP) is 1.35. The van der Waals surface area contributed by atoms with Crippen LogP contribution >= 0.6 is 11.6 Å². The number of hydrogen-bond donors (Lipinski definition) is 2. The van der Waals surface area contributed by atoms with Gasteiger partial charge in [-0.3, -0.25) is 0 Å². The highest BCUT2D eigenvalue weighted by Gasteiger charge is 1.96. The summed E-state index contributed by atoms with van der Waals surface area (Å²) in [5.74, 6) is 3.86. The van der Waals surface area contributed by atoms with E-state index in [-0.39, 0.29) is 0 Å². The first-order valence-corrected chi connectivity index (χ1v) is 3.09. The summed E-state index contributed by atoms with van der Waals surface area (Å²) in [6, 6.07) is 0. The fraction of sp³-hybridized carbons (Fsp3) is 0.800. The number of halogens is 1. The second kappa shape index (κ2) is 8.68. The summed E-state index contributed by atoms with van der Waals surface area (Å²) in [5, 5.41) is 6.50. The molecule has 0 aliphatic carbocycles. The molecule has 0 aromatic heterocycles. The fourth-order valence-electron chi connectivity index (χ4n) is 0.232. The Hall–Kier alpha value is -0.320. The molecule has 5 heteroatoms. The molecule has 0 spiro atoms. The number of carbonyl (C=O) groups is 1. The van der Waals surface area contributed by atoms with Crippen molar-refractivity contribution in [2.45, 2.75) is 13.8 Å². The standard InChI is InChI=1S/C5H9ClO2.H3NO/c1-4(2)3-8-5(6)7;1-2/h4H,3H2,1-2H3;2H,1H2. The van der Waals surface area contributed by atoms with E-state index < -0.39 is 5.43 Å². The van der Waals surface area contributed by atoms with Crippen LogP contribution in [0.3, 0.4) is 0 Å². The zero-order valence-corrected chi connectivity index (χ0v) is 6.76. The highest BCUT2D eigenvalue weighted by molar-refractivity contribution is 6.61. The maximum Gasteiger partial charge on any atom is 0.403 e. The quantitative estimate of drug-likeness (QED) is 0.484. The van der Waals surface area contributed by atoms with E-state index in [1.807, 2.05) is 13.8 Å². The Morgan fingerprint density at radius 3 is 2.20 bits per heavy atom. The molecule has 0 aromatic carbocycles. The van der Waals surface area contributed by atoms with Gasteiger partial charge in [0.1, 0.15) is 0 Å². The second-order valence-electron chi connectivity index (χ2n) is 1.94. The molecule has 0 amide bonds. The first kappa shape index (κ1) is 12.4. The molecule has 0 saturated heterocycles.